The maximum absolute atomic E-state index is 13.5. The molecular weight excluding hydrogens is 514 g/mol. The van der Waals surface area contributed by atoms with Crippen LogP contribution in [-0.4, -0.2) is 36.3 Å². The van der Waals surface area contributed by atoms with Gasteiger partial charge < -0.3 is 10.2 Å². The first-order chi connectivity index (χ1) is 18.0. The van der Waals surface area contributed by atoms with Gasteiger partial charge in [-0.2, -0.15) is 26.3 Å². The minimum atomic E-state index is -4.71. The minimum absolute atomic E-state index is 0.115. The van der Waals surface area contributed by atoms with Gasteiger partial charge in [-0.3, -0.25) is 4.90 Å². The van der Waals surface area contributed by atoms with E-state index in [0.717, 1.165) is 12.1 Å². The van der Waals surface area contributed by atoms with E-state index in [0.29, 0.717) is 25.2 Å². The van der Waals surface area contributed by atoms with Gasteiger partial charge in [0.15, 0.2) is 5.82 Å². The van der Waals surface area contributed by atoms with Crippen molar-refractivity contribution in [2.75, 3.05) is 28.2 Å². The second kappa shape index (κ2) is 8.17. The van der Waals surface area contributed by atoms with E-state index in [1.54, 1.807) is 12.1 Å². The molecule has 196 valence electrons. The van der Waals surface area contributed by atoms with Crippen molar-refractivity contribution in [3.8, 4) is 11.3 Å². The number of anilines is 3. The Hall–Kier alpha value is -4.16. The molecule has 0 aliphatic carbocycles. The molecule has 1 saturated heterocycles. The van der Waals surface area contributed by atoms with Crippen LogP contribution in [0.25, 0.3) is 11.3 Å². The summed E-state index contributed by atoms with van der Waals surface area (Å²) in [5.41, 5.74) is -2.43. The lowest BCUT2D eigenvalue weighted by atomic mass is 10.0. The average Bonchev–Trinajstić information content (AvgIpc) is 3.60. The van der Waals surface area contributed by atoms with Gasteiger partial charge in [0.25, 0.3) is 0 Å². The lowest BCUT2D eigenvalue weighted by Gasteiger charge is -2.36. The largest absolute Gasteiger partial charge is 0.442 e. The number of carbonyl (C=O) groups is 1. The van der Waals surface area contributed by atoms with Crippen LogP contribution in [0.5, 0.6) is 0 Å². The van der Waals surface area contributed by atoms with Crippen LogP contribution in [-0.2, 0) is 11.8 Å². The Morgan fingerprint density at radius 3 is 2.45 bits per heavy atom. The van der Waals surface area contributed by atoms with Crippen molar-refractivity contribution >= 4 is 23.2 Å². The molecule has 2 bridgehead atoms. The zero-order valence-corrected chi connectivity index (χ0v) is 19.4. The summed E-state index contributed by atoms with van der Waals surface area (Å²) >= 11 is 0. The molecule has 3 aliphatic heterocycles. The summed E-state index contributed by atoms with van der Waals surface area (Å²) in [5, 5.41) is 9.04. The van der Waals surface area contributed by atoms with Crippen LogP contribution in [0.15, 0.2) is 70.9 Å². The number of urea groups is 1. The molecule has 0 spiro atoms. The third-order valence-corrected chi connectivity index (χ3v) is 6.87. The fourth-order valence-corrected chi connectivity index (χ4v) is 4.93. The summed E-state index contributed by atoms with van der Waals surface area (Å²) < 4.78 is 80.1. The summed E-state index contributed by atoms with van der Waals surface area (Å²) in [5.74, 6) is 0.265. The van der Waals surface area contributed by atoms with Crippen LogP contribution in [0.2, 0.25) is 0 Å². The second-order valence-corrected chi connectivity index (χ2v) is 9.26. The van der Waals surface area contributed by atoms with Crippen LogP contribution < -0.4 is 15.1 Å². The van der Waals surface area contributed by atoms with E-state index in [9.17, 15) is 31.1 Å². The van der Waals surface area contributed by atoms with Gasteiger partial charge in [-0.05, 0) is 42.8 Å². The number of hydrogen-bond donors (Lipinski definition) is 1. The number of alkyl halides is 6. The van der Waals surface area contributed by atoms with Crippen molar-refractivity contribution in [3.63, 3.8) is 0 Å². The molecule has 38 heavy (non-hydrogen) atoms. The molecule has 4 heterocycles. The molecule has 0 saturated carbocycles. The molecule has 2 aromatic carbocycles. The van der Waals surface area contributed by atoms with Gasteiger partial charge in [0.1, 0.15) is 0 Å². The van der Waals surface area contributed by atoms with Crippen molar-refractivity contribution in [1.82, 2.24) is 4.98 Å². The maximum Gasteiger partial charge on any atom is 0.442 e. The van der Waals surface area contributed by atoms with E-state index in [4.69, 9.17) is 0 Å². The van der Waals surface area contributed by atoms with Gasteiger partial charge in [-0.1, -0.05) is 24.3 Å². The Bertz CT molecular complexity index is 1460. The number of benzene rings is 2. The van der Waals surface area contributed by atoms with Crippen LogP contribution in [0.1, 0.15) is 17.5 Å². The Kier molecular flexibility index (Phi) is 5.20. The van der Waals surface area contributed by atoms with Crippen molar-refractivity contribution in [3.05, 3.63) is 71.8 Å². The molecule has 7 nitrogen and oxygen atoms in total. The number of halogens is 6. The molecule has 2 amide bonds. The van der Waals surface area contributed by atoms with E-state index in [1.165, 1.54) is 41.3 Å². The number of carbonyl (C=O) groups excluding carboxylic acids is 1. The number of amides is 2. The third-order valence-electron chi connectivity index (χ3n) is 6.87. The van der Waals surface area contributed by atoms with Gasteiger partial charge in [0.05, 0.1) is 23.0 Å². The van der Waals surface area contributed by atoms with E-state index in [2.05, 4.69) is 20.5 Å². The first kappa shape index (κ1) is 24.2. The zero-order chi connectivity index (χ0) is 26.9. The highest BCUT2D eigenvalue weighted by Gasteiger charge is 2.65. The molecule has 3 aliphatic rings. The Morgan fingerprint density at radius 2 is 1.74 bits per heavy atom. The van der Waals surface area contributed by atoms with Gasteiger partial charge in [0, 0.05) is 29.9 Å². The van der Waals surface area contributed by atoms with Crippen LogP contribution in [0.3, 0.4) is 0 Å². The van der Waals surface area contributed by atoms with Crippen molar-refractivity contribution in [2.45, 2.75) is 30.5 Å². The molecule has 13 heteroatoms. The SMILES string of the molecule is O=C(Nc1cccc(C2(C(F)(F)F)N=N2)c1)N1c2nc(-c3cccc(C(F)(F)F)c3)ccc2N2CCC1C2. The molecule has 6 rings (SSSR count). The molecule has 1 unspecified atom stereocenters. The summed E-state index contributed by atoms with van der Waals surface area (Å²) in [7, 11) is 0. The highest BCUT2D eigenvalue weighted by molar-refractivity contribution is 6.04. The van der Waals surface area contributed by atoms with Crippen LogP contribution in [0, 0.1) is 0 Å². The van der Waals surface area contributed by atoms with Gasteiger partial charge in [-0.15, -0.1) is 10.2 Å². The number of aromatic nitrogens is 1. The zero-order valence-electron chi connectivity index (χ0n) is 19.4. The highest BCUT2D eigenvalue weighted by Crippen LogP contribution is 2.52. The van der Waals surface area contributed by atoms with E-state index in [1.807, 2.05) is 4.90 Å². The number of nitrogens with zero attached hydrogens (tertiary/aromatic N) is 5. The number of pyridine rings is 1. The first-order valence-electron chi connectivity index (χ1n) is 11.6. The molecular formula is C25H18F6N6O. The predicted octanol–water partition coefficient (Wildman–Crippen LogP) is 6.58. The summed E-state index contributed by atoms with van der Waals surface area (Å²) in [4.78, 5) is 21.5. The monoisotopic (exact) mass is 532 g/mol. The Labute approximate surface area is 211 Å². The lowest BCUT2D eigenvalue weighted by Crippen LogP contribution is -2.48. The van der Waals surface area contributed by atoms with E-state index in [-0.39, 0.29) is 34.4 Å². The van der Waals surface area contributed by atoms with Crippen molar-refractivity contribution < 1.29 is 31.1 Å². The molecule has 0 radical (unpaired) electrons. The summed E-state index contributed by atoms with van der Waals surface area (Å²) in [6.07, 6.45) is -8.61. The quantitative estimate of drug-likeness (QED) is 0.388. The van der Waals surface area contributed by atoms with Gasteiger partial charge >= 0.3 is 24.0 Å². The Morgan fingerprint density at radius 1 is 0.974 bits per heavy atom. The van der Waals surface area contributed by atoms with Crippen LogP contribution in [0.4, 0.5) is 48.3 Å². The second-order valence-electron chi connectivity index (χ2n) is 9.26. The third kappa shape index (κ3) is 3.92. The molecule has 3 aromatic rings. The van der Waals surface area contributed by atoms with Crippen molar-refractivity contribution in [1.29, 1.82) is 0 Å². The number of rotatable bonds is 3. The number of hydrogen-bond acceptors (Lipinski definition) is 5. The van der Waals surface area contributed by atoms with E-state index < -0.39 is 29.6 Å². The first-order valence-corrected chi connectivity index (χ1v) is 11.6. The Balaban J connectivity index is 1.33. The van der Waals surface area contributed by atoms with Crippen molar-refractivity contribution in [2.24, 2.45) is 10.2 Å². The predicted molar refractivity (Wildman–Crippen MR) is 126 cm³/mol. The normalized spacial score (nSPS) is 19.4. The minimum Gasteiger partial charge on any atom is -0.366 e. The van der Waals surface area contributed by atoms with Gasteiger partial charge in [0.2, 0.25) is 0 Å². The highest BCUT2D eigenvalue weighted by atomic mass is 19.4. The van der Waals surface area contributed by atoms with E-state index >= 15 is 0 Å². The topological polar surface area (TPSA) is 73.2 Å². The maximum atomic E-state index is 13.5. The number of nitrogens with one attached hydrogen (secondary N) is 1. The average molecular weight is 532 g/mol. The molecule has 1 aromatic heterocycles. The fraction of sp³-hybridized carbons (Fsp3) is 0.280. The standard InChI is InChI=1S/C25H18F6N6O/c26-24(27,28)16-5-1-3-14(11-16)19-7-8-20-21(33-19)37(18-9-10-36(20)13-18)22(38)32-17-6-2-4-15(12-17)23(34-35-23)25(29,30)31/h1-8,11-12,18H,9-10,13H2,(H,32,38). The van der Waals surface area contributed by atoms with Gasteiger partial charge in [-0.25, -0.2) is 9.78 Å². The fourth-order valence-electron chi connectivity index (χ4n) is 4.93. The lowest BCUT2D eigenvalue weighted by molar-refractivity contribution is -0.166. The summed E-state index contributed by atoms with van der Waals surface area (Å²) in [6.45, 7) is 1.18. The molecule has 1 N–H and O–H groups in total. The van der Waals surface area contributed by atoms with Crippen LogP contribution >= 0.6 is 0 Å². The number of fused-ring (bicyclic) bond motifs is 4. The smallest absolute Gasteiger partial charge is 0.366 e. The molecule has 1 fully saturated rings. The summed E-state index contributed by atoms with van der Waals surface area (Å²) in [6, 6.07) is 12.4. The molecule has 1 atom stereocenters.